The maximum absolute atomic E-state index is 12.4. The van der Waals surface area contributed by atoms with E-state index in [1.165, 1.54) is 23.3 Å². The van der Waals surface area contributed by atoms with Crippen molar-refractivity contribution >= 4 is 38.9 Å². The van der Waals surface area contributed by atoms with E-state index in [9.17, 15) is 27.7 Å². The summed E-state index contributed by atoms with van der Waals surface area (Å²) < 4.78 is 52.0. The number of aromatic hydroxyl groups is 1. The molecule has 0 aromatic heterocycles. The highest BCUT2D eigenvalue weighted by atomic mass is 32.2. The van der Waals surface area contributed by atoms with E-state index in [0.29, 0.717) is 32.6 Å². The summed E-state index contributed by atoms with van der Waals surface area (Å²) in [5.74, 6) is 0.0463. The van der Waals surface area contributed by atoms with E-state index >= 15 is 0 Å². The number of anilines is 2. The van der Waals surface area contributed by atoms with Crippen LogP contribution in [0, 0.1) is 5.41 Å². The number of hydrogen-bond donors (Lipinski definition) is 1. The Balaban J connectivity index is 1.24. The number of aliphatic hydroxyl groups excluding tert-OH is 1. The van der Waals surface area contributed by atoms with Crippen LogP contribution in [0.1, 0.15) is 110 Å². The SMILES string of the molecule is COCCN(CCOC)c1ccc2c(c1)[OH+]C(CCCC/C=C1/N(CCCCCC(=O)ON3C(=O)CCC3O)c3ccc(S(=O)(=O)[O-])cc3C1(C)C)C=C2C(C)(C)C. The van der Waals surface area contributed by atoms with E-state index in [-0.39, 0.29) is 35.7 Å². The van der Waals surface area contributed by atoms with Gasteiger partial charge in [0.2, 0.25) is 6.10 Å². The number of amides is 1. The van der Waals surface area contributed by atoms with E-state index in [4.69, 9.17) is 19.0 Å². The van der Waals surface area contributed by atoms with Crippen molar-refractivity contribution < 1.29 is 46.7 Å². The van der Waals surface area contributed by atoms with Gasteiger partial charge in [-0.1, -0.05) is 47.1 Å². The maximum atomic E-state index is 12.4. The Morgan fingerprint density at radius 3 is 2.40 bits per heavy atom. The number of allylic oxidation sites excluding steroid dienone is 3. The molecule has 1 saturated heterocycles. The molecule has 320 valence electrons. The largest absolute Gasteiger partial charge is 0.744 e. The number of hydroxylamine groups is 2. The van der Waals surface area contributed by atoms with Gasteiger partial charge in [0.25, 0.3) is 11.7 Å². The monoisotopic (exact) mass is 825 g/mol. The van der Waals surface area contributed by atoms with Gasteiger partial charge in [0.15, 0.2) is 6.23 Å². The number of hydrogen-bond acceptors (Lipinski definition) is 11. The van der Waals surface area contributed by atoms with E-state index in [0.717, 1.165) is 78.6 Å². The summed E-state index contributed by atoms with van der Waals surface area (Å²) in [6.45, 7) is 14.2. The number of methoxy groups -OCH3 is 2. The Morgan fingerprint density at radius 1 is 1.03 bits per heavy atom. The summed E-state index contributed by atoms with van der Waals surface area (Å²) in [5, 5.41) is 10.6. The van der Waals surface area contributed by atoms with Crippen molar-refractivity contribution in [1.82, 2.24) is 5.06 Å². The Labute approximate surface area is 344 Å². The van der Waals surface area contributed by atoms with Crippen molar-refractivity contribution in [3.05, 3.63) is 65.4 Å². The molecule has 2 aromatic rings. The van der Waals surface area contributed by atoms with E-state index in [2.05, 4.69) is 74.8 Å². The fourth-order valence-electron chi connectivity index (χ4n) is 8.11. The van der Waals surface area contributed by atoms with Crippen LogP contribution in [-0.2, 0) is 39.4 Å². The molecule has 5 rings (SSSR count). The molecule has 0 aliphatic carbocycles. The lowest BCUT2D eigenvalue weighted by molar-refractivity contribution is -0.220. The molecular weight excluding hydrogens is 763 g/mol. The average Bonchev–Trinajstić information content (AvgIpc) is 3.59. The third-order valence-electron chi connectivity index (χ3n) is 11.3. The molecule has 2 aromatic carbocycles. The van der Waals surface area contributed by atoms with Crippen LogP contribution in [0.15, 0.2) is 59.1 Å². The fraction of sp³-hybridized carbons (Fsp3) is 0.591. The standard InChI is InChI=1S/C44H63N3O10S/c1-43(2,3)35-29-32(56-38-28-31(17-19-34(35)38)45(24-26-54-6)25-27-55-7)14-10-8-11-15-39-44(4,5)36-30-33(58(51,52)53)18-20-37(36)46(39)23-13-9-12-16-42(50)57-47-40(48)21-22-41(47)49/h15,17-20,28-30,32,40,48H,8-14,16,21-27H2,1-7H3,(H,51,52,53)/b39-15+. The molecule has 0 radical (unpaired) electrons. The molecule has 2 unspecified atom stereocenters. The van der Waals surface area contributed by atoms with Gasteiger partial charge in [-0.25, -0.2) is 13.2 Å². The second kappa shape index (κ2) is 19.4. The van der Waals surface area contributed by atoms with Crippen LogP contribution in [0.2, 0.25) is 0 Å². The van der Waals surface area contributed by atoms with Crippen LogP contribution in [0.3, 0.4) is 0 Å². The molecule has 2 N–H and O–H groups in total. The van der Waals surface area contributed by atoms with Gasteiger partial charge in [0.05, 0.1) is 29.7 Å². The molecule has 58 heavy (non-hydrogen) atoms. The summed E-state index contributed by atoms with van der Waals surface area (Å²) in [5.41, 5.74) is 5.67. The van der Waals surface area contributed by atoms with Crippen LogP contribution in [0.4, 0.5) is 11.4 Å². The second-order valence-corrected chi connectivity index (χ2v) is 18.4. The third-order valence-corrected chi connectivity index (χ3v) is 12.1. The zero-order valence-corrected chi connectivity index (χ0v) is 36.1. The highest BCUT2D eigenvalue weighted by Gasteiger charge is 2.40. The predicted octanol–water partition coefficient (Wildman–Crippen LogP) is 6.94. The minimum atomic E-state index is -4.64. The minimum Gasteiger partial charge on any atom is -0.744 e. The van der Waals surface area contributed by atoms with Gasteiger partial charge in [-0.15, -0.1) is 5.06 Å². The van der Waals surface area contributed by atoms with Crippen molar-refractivity contribution in [3.63, 3.8) is 0 Å². The van der Waals surface area contributed by atoms with Gasteiger partial charge >= 0.3 is 5.97 Å². The molecule has 3 aliphatic heterocycles. The molecule has 3 heterocycles. The molecule has 2 atom stereocenters. The first-order chi connectivity index (χ1) is 27.4. The highest BCUT2D eigenvalue weighted by molar-refractivity contribution is 7.85. The van der Waals surface area contributed by atoms with Gasteiger partial charge in [-0.2, -0.15) is 0 Å². The Hall–Kier alpha value is -3.95. The van der Waals surface area contributed by atoms with E-state index in [1.807, 2.05) is 0 Å². The van der Waals surface area contributed by atoms with Crippen molar-refractivity contribution in [2.45, 2.75) is 121 Å². The normalized spacial score (nSPS) is 19.6. The topological polar surface area (TPSA) is 162 Å². The van der Waals surface area contributed by atoms with Crippen LogP contribution >= 0.6 is 0 Å². The molecule has 13 nitrogen and oxygen atoms in total. The smallest absolute Gasteiger partial charge is 0.332 e. The molecular formula is C44H63N3O10S. The summed E-state index contributed by atoms with van der Waals surface area (Å²) in [7, 11) is -1.21. The minimum absolute atomic E-state index is 0.0466. The molecule has 1 amide bonds. The van der Waals surface area contributed by atoms with Crippen LogP contribution in [0.25, 0.3) is 5.57 Å². The Morgan fingerprint density at radius 2 is 1.76 bits per heavy atom. The first-order valence-corrected chi connectivity index (χ1v) is 22.0. The zero-order chi connectivity index (χ0) is 42.3. The van der Waals surface area contributed by atoms with E-state index in [1.54, 1.807) is 20.3 Å². The number of aliphatic hydroxyl groups is 2. The van der Waals surface area contributed by atoms with E-state index < -0.39 is 33.6 Å². The quantitative estimate of drug-likeness (QED) is 0.0836. The van der Waals surface area contributed by atoms with Crippen LogP contribution in [-0.4, -0.2) is 99.2 Å². The molecule has 3 aliphatic rings. The number of unbranched alkanes of at least 4 members (excludes halogenated alkanes) is 4. The number of carbonyl (C=O) groups excluding carboxylic acids is 2. The third kappa shape index (κ3) is 11.0. The predicted molar refractivity (Wildman–Crippen MR) is 223 cm³/mol. The van der Waals surface area contributed by atoms with Crippen molar-refractivity contribution in [3.8, 4) is 5.75 Å². The number of ether oxygens (including phenoxy) is 3. The number of fused-ring (bicyclic) bond motifs is 2. The molecule has 14 heteroatoms. The number of nitrogens with zero attached hydrogens (tertiary/aromatic N) is 3. The van der Waals surface area contributed by atoms with Crippen LogP contribution in [0.5, 0.6) is 5.75 Å². The number of rotatable bonds is 20. The zero-order valence-electron chi connectivity index (χ0n) is 35.3. The molecule has 0 bridgehead atoms. The van der Waals surface area contributed by atoms with Crippen molar-refractivity contribution in [1.29, 1.82) is 0 Å². The second-order valence-electron chi connectivity index (χ2n) is 17.0. The summed E-state index contributed by atoms with van der Waals surface area (Å²) in [6.07, 6.45) is 9.59. The average molecular weight is 826 g/mol. The molecule has 0 saturated carbocycles. The van der Waals surface area contributed by atoms with Crippen LogP contribution < -0.4 is 9.80 Å². The molecule has 0 spiro atoms. The highest BCUT2D eigenvalue weighted by Crippen LogP contribution is 2.49. The first-order valence-electron chi connectivity index (χ1n) is 20.6. The molecule has 1 fully saturated rings. The maximum Gasteiger partial charge on any atom is 0.332 e. The first kappa shape index (κ1) is 45.1. The van der Waals surface area contributed by atoms with Crippen molar-refractivity contribution in [2.75, 3.05) is 56.9 Å². The summed E-state index contributed by atoms with van der Waals surface area (Å²) in [4.78, 5) is 33.6. The van der Waals surface area contributed by atoms with Gasteiger partial charge in [0, 0.05) is 88.1 Å². The Bertz CT molecular complexity index is 1930. The van der Waals surface area contributed by atoms with Gasteiger partial charge in [0.1, 0.15) is 10.1 Å². The fourth-order valence-corrected chi connectivity index (χ4v) is 8.61. The number of benzene rings is 2. The lowest BCUT2D eigenvalue weighted by atomic mass is 9.79. The van der Waals surface area contributed by atoms with Gasteiger partial charge in [-0.3, -0.25) is 4.79 Å². The lowest BCUT2D eigenvalue weighted by Gasteiger charge is -2.31. The summed E-state index contributed by atoms with van der Waals surface area (Å²) >= 11 is 0. The lowest BCUT2D eigenvalue weighted by Crippen LogP contribution is -2.35. The van der Waals surface area contributed by atoms with Gasteiger partial charge in [-0.05, 0) is 79.0 Å². The number of carbonyl (C=O) groups is 2. The Kier molecular flexibility index (Phi) is 15.1. The summed E-state index contributed by atoms with van der Waals surface area (Å²) in [6, 6.07) is 11.2. The van der Waals surface area contributed by atoms with Crippen molar-refractivity contribution in [2.24, 2.45) is 5.41 Å². The van der Waals surface area contributed by atoms with Gasteiger partial charge < -0.3 is 38.5 Å².